The van der Waals surface area contributed by atoms with Gasteiger partial charge in [-0.15, -0.1) is 0 Å². The fourth-order valence-electron chi connectivity index (χ4n) is 12.7. The fourth-order valence-corrected chi connectivity index (χ4v) is 12.7. The molecular formula is C52H57FN10O7. The molecule has 0 saturated carbocycles. The number of amides is 4. The first-order chi connectivity index (χ1) is 34.0. The van der Waals surface area contributed by atoms with E-state index < -0.39 is 17.8 Å². The van der Waals surface area contributed by atoms with Crippen LogP contribution in [0.15, 0.2) is 54.7 Å². The van der Waals surface area contributed by atoms with Crippen molar-refractivity contribution in [3.05, 3.63) is 77.2 Å². The number of halogens is 1. The molecule has 0 radical (unpaired) electrons. The summed E-state index contributed by atoms with van der Waals surface area (Å²) in [5.74, 6) is -0.935. The largest absolute Gasteiger partial charge is 0.508 e. The molecule has 3 aromatic carbocycles. The van der Waals surface area contributed by atoms with Gasteiger partial charge in [0.1, 0.15) is 42.0 Å². The Kier molecular flexibility index (Phi) is 11.2. The van der Waals surface area contributed by atoms with Crippen LogP contribution in [0, 0.1) is 5.82 Å². The maximum Gasteiger partial charge on any atom is 0.409 e. The number of aromatic hydroxyl groups is 1. The van der Waals surface area contributed by atoms with Crippen molar-refractivity contribution < 1.29 is 38.1 Å². The SMILES string of the molecule is CCc1cccc2cc(O)cc(-c3ncc4c(N5CC6CCC(C5)N6)nc(OC[C@]56CCCN5[C@@H](COC(=O)N5CCN(c7cccc8c7CN(C7CCC(=O)NC7=O)C8=O)CC5)CC6)nc4c3F)c12. The molecule has 4 amide bonds. The highest BCUT2D eigenvalue weighted by Gasteiger charge is 2.50. The summed E-state index contributed by atoms with van der Waals surface area (Å²) in [4.78, 5) is 76.1. The normalized spacial score (nSPS) is 25.5. The van der Waals surface area contributed by atoms with Crippen LogP contribution >= 0.6 is 0 Å². The number of phenolic OH excluding ortho intramolecular Hbond substituents is 1. The highest BCUT2D eigenvalue weighted by Crippen LogP contribution is 2.44. The number of piperidine rings is 1. The molecule has 12 rings (SSSR count). The molecule has 6 fully saturated rings. The van der Waals surface area contributed by atoms with E-state index in [9.17, 15) is 24.3 Å². The molecule has 70 heavy (non-hydrogen) atoms. The number of nitrogens with zero attached hydrogens (tertiary/aromatic N) is 8. The number of aryl methyl sites for hydroxylation is 1. The number of carbonyl (C=O) groups is 4. The van der Waals surface area contributed by atoms with Crippen molar-refractivity contribution in [3.63, 3.8) is 0 Å². The Morgan fingerprint density at radius 2 is 1.74 bits per heavy atom. The molecule has 7 aliphatic rings. The van der Waals surface area contributed by atoms with Gasteiger partial charge in [-0.2, -0.15) is 9.97 Å². The van der Waals surface area contributed by atoms with E-state index in [1.54, 1.807) is 34.2 Å². The van der Waals surface area contributed by atoms with Crippen LogP contribution < -0.4 is 25.2 Å². The minimum atomic E-state index is -0.688. The van der Waals surface area contributed by atoms with Crippen LogP contribution in [0.1, 0.15) is 79.8 Å². The van der Waals surface area contributed by atoms with Crippen LogP contribution in [0.25, 0.3) is 32.9 Å². The highest BCUT2D eigenvalue weighted by atomic mass is 19.1. The maximum atomic E-state index is 17.3. The number of imide groups is 1. The lowest BCUT2D eigenvalue weighted by Gasteiger charge is -2.37. The topological polar surface area (TPSA) is 186 Å². The Morgan fingerprint density at radius 1 is 0.929 bits per heavy atom. The van der Waals surface area contributed by atoms with E-state index in [0.29, 0.717) is 73.6 Å². The lowest BCUT2D eigenvalue weighted by atomic mass is 9.95. The van der Waals surface area contributed by atoms with Gasteiger partial charge in [0.05, 0.1) is 10.9 Å². The molecule has 364 valence electrons. The van der Waals surface area contributed by atoms with E-state index in [-0.39, 0.29) is 72.0 Å². The molecule has 9 heterocycles. The molecule has 3 N–H and O–H groups in total. The van der Waals surface area contributed by atoms with Gasteiger partial charge in [0, 0.05) is 98.9 Å². The second kappa shape index (κ2) is 17.6. The fraction of sp³-hybridized carbons (Fsp3) is 0.481. The van der Waals surface area contributed by atoms with Gasteiger partial charge in [-0.3, -0.25) is 29.6 Å². The van der Waals surface area contributed by atoms with Gasteiger partial charge in [0.2, 0.25) is 11.8 Å². The van der Waals surface area contributed by atoms with Crippen molar-refractivity contribution in [1.82, 2.24) is 40.3 Å². The minimum absolute atomic E-state index is 0.00806. The summed E-state index contributed by atoms with van der Waals surface area (Å²) in [7, 11) is 0. The summed E-state index contributed by atoms with van der Waals surface area (Å²) >= 11 is 0. The number of benzene rings is 3. The number of aromatic nitrogens is 3. The Morgan fingerprint density at radius 3 is 2.54 bits per heavy atom. The Bertz CT molecular complexity index is 2950. The quantitative estimate of drug-likeness (QED) is 0.154. The number of phenols is 1. The number of hydrogen-bond acceptors (Lipinski definition) is 14. The van der Waals surface area contributed by atoms with Crippen molar-refractivity contribution in [3.8, 4) is 23.0 Å². The van der Waals surface area contributed by atoms with Crippen molar-refractivity contribution in [2.75, 3.05) is 68.8 Å². The summed E-state index contributed by atoms with van der Waals surface area (Å²) in [6.45, 7) is 7.17. The Hall–Kier alpha value is -6.66. The number of piperazine rings is 2. The number of rotatable bonds is 10. The van der Waals surface area contributed by atoms with E-state index in [4.69, 9.17) is 24.4 Å². The van der Waals surface area contributed by atoms with Crippen LogP contribution in [0.4, 0.5) is 20.7 Å². The van der Waals surface area contributed by atoms with Gasteiger partial charge in [0.15, 0.2) is 5.82 Å². The second-order valence-electron chi connectivity index (χ2n) is 20.2. The average Bonchev–Trinajstić information content (AvgIpc) is 4.13. The van der Waals surface area contributed by atoms with E-state index >= 15 is 4.39 Å². The zero-order chi connectivity index (χ0) is 47.8. The van der Waals surface area contributed by atoms with Gasteiger partial charge >= 0.3 is 12.1 Å². The van der Waals surface area contributed by atoms with Crippen LogP contribution in [0.2, 0.25) is 0 Å². The number of anilines is 2. The van der Waals surface area contributed by atoms with Crippen LogP contribution in [-0.2, 0) is 27.3 Å². The Labute approximate surface area is 404 Å². The summed E-state index contributed by atoms with van der Waals surface area (Å²) in [6, 6.07) is 14.8. The molecule has 2 bridgehead atoms. The number of nitrogens with one attached hydrogen (secondary N) is 2. The van der Waals surface area contributed by atoms with Crippen molar-refractivity contribution >= 4 is 57.0 Å². The first-order valence-corrected chi connectivity index (χ1v) is 25.0. The second-order valence-corrected chi connectivity index (χ2v) is 20.2. The van der Waals surface area contributed by atoms with Crippen LogP contribution in [0.5, 0.6) is 11.8 Å². The van der Waals surface area contributed by atoms with E-state index in [2.05, 4.69) is 32.3 Å². The highest BCUT2D eigenvalue weighted by molar-refractivity contribution is 6.06. The molecule has 2 aromatic heterocycles. The van der Waals surface area contributed by atoms with Crippen molar-refractivity contribution in [2.45, 2.75) is 101 Å². The number of fused-ring (bicyclic) bond motifs is 6. The smallest absolute Gasteiger partial charge is 0.409 e. The molecule has 3 unspecified atom stereocenters. The third-order valence-corrected chi connectivity index (χ3v) is 16.2. The number of carbonyl (C=O) groups excluding carboxylic acids is 4. The number of pyridine rings is 1. The molecule has 5 atom stereocenters. The molecule has 18 heteroatoms. The van der Waals surface area contributed by atoms with Crippen molar-refractivity contribution in [1.29, 1.82) is 0 Å². The number of ether oxygens (including phenoxy) is 2. The monoisotopic (exact) mass is 952 g/mol. The number of hydrogen-bond donors (Lipinski definition) is 3. The summed E-state index contributed by atoms with van der Waals surface area (Å²) in [5, 5.41) is 19.0. The predicted molar refractivity (Wildman–Crippen MR) is 258 cm³/mol. The van der Waals surface area contributed by atoms with Crippen LogP contribution in [0.3, 0.4) is 0 Å². The van der Waals surface area contributed by atoms with E-state index in [1.807, 2.05) is 30.3 Å². The minimum Gasteiger partial charge on any atom is -0.508 e. The first-order valence-electron chi connectivity index (χ1n) is 25.0. The molecule has 0 aliphatic carbocycles. The molecule has 0 spiro atoms. The molecule has 5 aromatic rings. The standard InChI is InChI=1S/C52H57FN10O7/c1-2-30-6-3-7-31-22-35(64)23-37(43(30)31)45-44(53)46-38(24-54-45)47(61-25-32-10-11-33(26-61)55-32)58-50(57-46)70-29-52-15-5-17-63(52)34(14-16-52)28-69-51(68)60-20-18-59(19-21-60)40-9-4-8-36-39(40)27-62(49(36)67)41-12-13-42(65)56-48(41)66/h3-4,6-9,22-24,32-34,41,55,64H,2,5,10-21,25-29H2,1H3,(H,56,65,66)/t32?,33?,34-,41?,52-/m1/s1. The summed E-state index contributed by atoms with van der Waals surface area (Å²) < 4.78 is 29.9. The molecule has 7 aliphatic heterocycles. The Balaban J connectivity index is 0.729. The first kappa shape index (κ1) is 44.5. The van der Waals surface area contributed by atoms with Gasteiger partial charge in [-0.05, 0) is 98.5 Å². The summed E-state index contributed by atoms with van der Waals surface area (Å²) in [5.41, 5.74) is 3.77. The van der Waals surface area contributed by atoms with Gasteiger partial charge < -0.3 is 39.5 Å². The van der Waals surface area contributed by atoms with Gasteiger partial charge in [-0.25, -0.2) is 9.18 Å². The maximum absolute atomic E-state index is 17.3. The zero-order valence-corrected chi connectivity index (χ0v) is 39.3. The van der Waals surface area contributed by atoms with Gasteiger partial charge in [-0.1, -0.05) is 31.2 Å². The summed E-state index contributed by atoms with van der Waals surface area (Å²) in [6.07, 6.45) is 8.19. The average molecular weight is 953 g/mol. The van der Waals surface area contributed by atoms with E-state index in [0.717, 1.165) is 92.2 Å². The molecule has 17 nitrogen and oxygen atoms in total. The lowest BCUT2D eigenvalue weighted by molar-refractivity contribution is -0.136. The molecule has 6 saturated heterocycles. The van der Waals surface area contributed by atoms with E-state index in [1.165, 1.54) is 0 Å². The zero-order valence-electron chi connectivity index (χ0n) is 39.3. The van der Waals surface area contributed by atoms with Gasteiger partial charge in [0.25, 0.3) is 5.91 Å². The third-order valence-electron chi connectivity index (χ3n) is 16.2. The lowest BCUT2D eigenvalue weighted by Crippen LogP contribution is -2.52. The molecular weight excluding hydrogens is 896 g/mol. The van der Waals surface area contributed by atoms with Crippen LogP contribution in [-0.4, -0.2) is 147 Å². The van der Waals surface area contributed by atoms with Crippen molar-refractivity contribution in [2.24, 2.45) is 0 Å². The predicted octanol–water partition coefficient (Wildman–Crippen LogP) is 5.29. The third kappa shape index (κ3) is 7.70.